The van der Waals surface area contributed by atoms with Crippen LogP contribution in [0.1, 0.15) is 59.8 Å². The maximum atomic E-state index is 13.1. The van der Waals surface area contributed by atoms with Gasteiger partial charge in [-0.1, -0.05) is 18.6 Å². The number of thiophene rings is 1. The lowest BCUT2D eigenvalue weighted by atomic mass is 9.99. The number of sulfonamides is 1. The number of rotatable bonds is 8. The van der Waals surface area contributed by atoms with Crippen LogP contribution >= 0.6 is 11.3 Å². The molecule has 1 aromatic carbocycles. The molecule has 2 aliphatic rings. The van der Waals surface area contributed by atoms with Crippen LogP contribution in [-0.2, 0) is 10.0 Å². The third-order valence-electron chi connectivity index (χ3n) is 6.40. The molecular formula is C23H31FN4O3S2. The number of hydrogen-bond donors (Lipinski definition) is 2. The zero-order chi connectivity index (χ0) is 23.4. The molecule has 33 heavy (non-hydrogen) atoms. The Morgan fingerprint density at radius 1 is 1.15 bits per heavy atom. The van der Waals surface area contributed by atoms with Gasteiger partial charge in [0.15, 0.2) is 0 Å². The molecule has 0 bridgehead atoms. The molecule has 2 atom stereocenters. The minimum Gasteiger partial charge on any atom is -0.341 e. The Morgan fingerprint density at radius 2 is 1.88 bits per heavy atom. The molecule has 4 rings (SSSR count). The van der Waals surface area contributed by atoms with E-state index in [0.717, 1.165) is 44.1 Å². The predicted octanol–water partition coefficient (Wildman–Crippen LogP) is 3.52. The van der Waals surface area contributed by atoms with E-state index in [0.29, 0.717) is 24.5 Å². The first-order chi connectivity index (χ1) is 15.9. The van der Waals surface area contributed by atoms with Crippen LogP contribution in [-0.4, -0.2) is 56.3 Å². The first-order valence-electron chi connectivity index (χ1n) is 11.5. The molecule has 2 unspecified atom stereocenters. The Labute approximate surface area is 199 Å². The standard InChI is InChI=1S/C23H31FN4O3S2/c1-27(12-5-6-19-16-20(26-25-19)17-7-9-18(24)10-8-17)23(29)22-21(11-15-32-22)33(30,31)28-13-3-2-4-14-28/h7-11,15,19-20,25-26H,2-6,12-14,16H2,1H3. The van der Waals surface area contributed by atoms with Gasteiger partial charge in [0.25, 0.3) is 5.91 Å². The molecule has 0 aliphatic carbocycles. The first-order valence-corrected chi connectivity index (χ1v) is 13.8. The van der Waals surface area contributed by atoms with Gasteiger partial charge in [0, 0.05) is 38.8 Å². The number of piperidine rings is 1. The van der Waals surface area contributed by atoms with Gasteiger partial charge in [-0.25, -0.2) is 12.8 Å². The quantitative estimate of drug-likeness (QED) is 0.587. The number of nitrogens with zero attached hydrogens (tertiary/aromatic N) is 2. The Hall–Kier alpha value is -1.85. The van der Waals surface area contributed by atoms with Crippen molar-refractivity contribution in [3.05, 3.63) is 52.0 Å². The first kappa shape index (κ1) is 24.3. The molecule has 2 fully saturated rings. The molecule has 3 heterocycles. The monoisotopic (exact) mass is 494 g/mol. The SMILES string of the molecule is CN(CCCC1CC(c2ccc(F)cc2)NN1)C(=O)c1sccc1S(=O)(=O)N1CCCCC1. The van der Waals surface area contributed by atoms with Crippen molar-refractivity contribution in [1.82, 2.24) is 20.1 Å². The fraction of sp³-hybridized carbons (Fsp3) is 0.522. The van der Waals surface area contributed by atoms with Gasteiger partial charge in [-0.2, -0.15) is 4.31 Å². The number of hydrazine groups is 1. The van der Waals surface area contributed by atoms with Crippen LogP contribution in [0.25, 0.3) is 0 Å². The summed E-state index contributed by atoms with van der Waals surface area (Å²) in [4.78, 5) is 15.1. The number of hydrogen-bond acceptors (Lipinski definition) is 6. The van der Waals surface area contributed by atoms with Crippen molar-refractivity contribution in [2.24, 2.45) is 0 Å². The molecule has 0 spiro atoms. The predicted molar refractivity (Wildman–Crippen MR) is 127 cm³/mol. The molecule has 0 saturated carbocycles. The minimum absolute atomic E-state index is 0.128. The van der Waals surface area contributed by atoms with Crippen molar-refractivity contribution in [1.29, 1.82) is 0 Å². The summed E-state index contributed by atoms with van der Waals surface area (Å²) in [7, 11) is -1.92. The molecule has 1 amide bonds. The van der Waals surface area contributed by atoms with Crippen molar-refractivity contribution >= 4 is 27.3 Å². The van der Waals surface area contributed by atoms with Crippen LogP contribution in [0.3, 0.4) is 0 Å². The van der Waals surface area contributed by atoms with Crippen molar-refractivity contribution in [2.45, 2.75) is 55.5 Å². The summed E-state index contributed by atoms with van der Waals surface area (Å²) in [5, 5.41) is 1.68. The lowest BCUT2D eigenvalue weighted by Gasteiger charge is -2.26. The van der Waals surface area contributed by atoms with Gasteiger partial charge in [0.2, 0.25) is 10.0 Å². The highest BCUT2D eigenvalue weighted by molar-refractivity contribution is 7.89. The summed E-state index contributed by atoms with van der Waals surface area (Å²) in [5.41, 5.74) is 7.58. The zero-order valence-corrected chi connectivity index (χ0v) is 20.4. The van der Waals surface area contributed by atoms with E-state index in [4.69, 9.17) is 0 Å². The van der Waals surface area contributed by atoms with E-state index in [1.807, 2.05) is 0 Å². The third kappa shape index (κ3) is 5.63. The molecule has 2 N–H and O–H groups in total. The van der Waals surface area contributed by atoms with Crippen LogP contribution in [0, 0.1) is 5.82 Å². The number of halogens is 1. The Balaban J connectivity index is 1.29. The van der Waals surface area contributed by atoms with Gasteiger partial charge >= 0.3 is 0 Å². The molecule has 0 radical (unpaired) electrons. The Kier molecular flexibility index (Phi) is 7.80. The summed E-state index contributed by atoms with van der Waals surface area (Å²) >= 11 is 1.19. The van der Waals surface area contributed by atoms with Crippen molar-refractivity contribution in [2.75, 3.05) is 26.7 Å². The topological polar surface area (TPSA) is 81.7 Å². The highest BCUT2D eigenvalue weighted by Gasteiger charge is 2.32. The average molecular weight is 495 g/mol. The number of amides is 1. The Bertz CT molecular complexity index is 1050. The van der Waals surface area contributed by atoms with E-state index < -0.39 is 10.0 Å². The van der Waals surface area contributed by atoms with Gasteiger partial charge in [-0.3, -0.25) is 15.6 Å². The summed E-state index contributed by atoms with van der Waals surface area (Å²) in [6.45, 7) is 1.57. The number of carbonyl (C=O) groups excluding carboxylic acids is 1. The van der Waals surface area contributed by atoms with Gasteiger partial charge in [-0.05, 0) is 61.2 Å². The fourth-order valence-corrected chi connectivity index (χ4v) is 7.38. The Morgan fingerprint density at radius 3 is 2.61 bits per heavy atom. The number of carbonyl (C=O) groups is 1. The van der Waals surface area contributed by atoms with Crippen molar-refractivity contribution < 1.29 is 17.6 Å². The highest BCUT2D eigenvalue weighted by Crippen LogP contribution is 2.29. The number of nitrogens with one attached hydrogen (secondary N) is 2. The highest BCUT2D eigenvalue weighted by atomic mass is 32.2. The second-order valence-electron chi connectivity index (χ2n) is 8.77. The van der Waals surface area contributed by atoms with Crippen molar-refractivity contribution in [3.8, 4) is 0 Å². The molecular weight excluding hydrogens is 463 g/mol. The fourth-order valence-electron chi connectivity index (χ4n) is 4.48. The van der Waals surface area contributed by atoms with Gasteiger partial charge in [-0.15, -0.1) is 11.3 Å². The largest absolute Gasteiger partial charge is 0.341 e. The van der Waals surface area contributed by atoms with Crippen LogP contribution < -0.4 is 10.9 Å². The molecule has 2 aliphatic heterocycles. The van der Waals surface area contributed by atoms with Crippen LogP contribution in [0.4, 0.5) is 4.39 Å². The lowest BCUT2D eigenvalue weighted by Crippen LogP contribution is -2.37. The van der Waals surface area contributed by atoms with E-state index in [1.54, 1.807) is 35.5 Å². The third-order valence-corrected chi connectivity index (χ3v) is 9.38. The summed E-state index contributed by atoms with van der Waals surface area (Å²) in [5.74, 6) is -0.492. The maximum Gasteiger partial charge on any atom is 0.265 e. The zero-order valence-electron chi connectivity index (χ0n) is 18.8. The second-order valence-corrected chi connectivity index (χ2v) is 11.6. The normalized spacial score (nSPS) is 21.9. The van der Waals surface area contributed by atoms with E-state index in [2.05, 4.69) is 10.9 Å². The summed E-state index contributed by atoms with van der Waals surface area (Å²) in [6.07, 6.45) is 5.30. The maximum absolute atomic E-state index is 13.1. The molecule has 2 saturated heterocycles. The van der Waals surface area contributed by atoms with E-state index in [-0.39, 0.29) is 28.7 Å². The summed E-state index contributed by atoms with van der Waals surface area (Å²) < 4.78 is 40.8. The van der Waals surface area contributed by atoms with Gasteiger partial charge < -0.3 is 4.90 Å². The second kappa shape index (κ2) is 10.6. The molecule has 7 nitrogen and oxygen atoms in total. The molecule has 180 valence electrons. The minimum atomic E-state index is -3.64. The van der Waals surface area contributed by atoms with Crippen LogP contribution in [0.5, 0.6) is 0 Å². The van der Waals surface area contributed by atoms with E-state index >= 15 is 0 Å². The molecule has 10 heteroatoms. The van der Waals surface area contributed by atoms with Crippen LogP contribution in [0.2, 0.25) is 0 Å². The van der Waals surface area contributed by atoms with E-state index in [1.165, 1.54) is 27.8 Å². The smallest absolute Gasteiger partial charge is 0.265 e. The van der Waals surface area contributed by atoms with E-state index in [9.17, 15) is 17.6 Å². The average Bonchev–Trinajstić information content (AvgIpc) is 3.50. The summed E-state index contributed by atoms with van der Waals surface area (Å²) in [6, 6.07) is 8.45. The van der Waals surface area contributed by atoms with Crippen molar-refractivity contribution in [3.63, 3.8) is 0 Å². The van der Waals surface area contributed by atoms with Gasteiger partial charge in [0.1, 0.15) is 15.6 Å². The molecule has 1 aromatic heterocycles. The number of benzene rings is 1. The van der Waals surface area contributed by atoms with Gasteiger partial charge in [0.05, 0.1) is 0 Å². The molecule has 2 aromatic rings. The lowest BCUT2D eigenvalue weighted by molar-refractivity contribution is 0.0793. The van der Waals surface area contributed by atoms with Crippen LogP contribution in [0.15, 0.2) is 40.6 Å².